The Morgan fingerprint density at radius 1 is 1.27 bits per heavy atom. The number of rotatable bonds is 3. The first-order chi connectivity index (χ1) is 14.2. The molecule has 2 atom stereocenters. The standard InChI is InChI=1S/C18H13ClF4N6O/c1-8-5-12-14(27-28-29(12)17-24-6-9(20)7-25-17)15(26-8)16(30)10-3-2-4-11(13(10)19)18(21,22)23/h2-4,6-8,15,26H,5H2,1H3. The van der Waals surface area contributed by atoms with E-state index in [1.165, 1.54) is 10.7 Å². The molecule has 7 nitrogen and oxygen atoms in total. The molecule has 2 unspecified atom stereocenters. The quantitative estimate of drug-likeness (QED) is 0.497. The van der Waals surface area contributed by atoms with E-state index in [0.717, 1.165) is 24.5 Å². The normalized spacial score (nSPS) is 18.9. The minimum absolute atomic E-state index is 0.0579. The number of benzene rings is 1. The molecule has 1 aliphatic rings. The summed E-state index contributed by atoms with van der Waals surface area (Å²) >= 11 is 5.92. The van der Waals surface area contributed by atoms with Crippen molar-refractivity contribution < 1.29 is 22.4 Å². The van der Waals surface area contributed by atoms with E-state index < -0.39 is 34.4 Å². The van der Waals surface area contributed by atoms with Crippen LogP contribution >= 0.6 is 11.6 Å². The van der Waals surface area contributed by atoms with Crippen molar-refractivity contribution in [3.05, 3.63) is 63.9 Å². The van der Waals surface area contributed by atoms with Gasteiger partial charge in [-0.2, -0.15) is 17.9 Å². The van der Waals surface area contributed by atoms with Gasteiger partial charge in [-0.05, 0) is 19.1 Å². The number of carbonyl (C=O) groups excluding carboxylic acids is 1. The highest BCUT2D eigenvalue weighted by Crippen LogP contribution is 2.38. The van der Waals surface area contributed by atoms with E-state index in [4.69, 9.17) is 11.6 Å². The molecular weight excluding hydrogens is 428 g/mol. The molecule has 1 aromatic carbocycles. The number of halogens is 5. The topological polar surface area (TPSA) is 85.6 Å². The molecule has 0 bridgehead atoms. The Labute approximate surface area is 172 Å². The highest BCUT2D eigenvalue weighted by atomic mass is 35.5. The third kappa shape index (κ3) is 3.54. The molecule has 3 aromatic rings. The van der Waals surface area contributed by atoms with Crippen LogP contribution in [0.25, 0.3) is 5.95 Å². The monoisotopic (exact) mass is 440 g/mol. The Bertz CT molecular complexity index is 1110. The third-order valence-electron chi connectivity index (χ3n) is 4.65. The fraction of sp³-hybridized carbons (Fsp3) is 0.278. The molecule has 0 aliphatic carbocycles. The first-order valence-corrected chi connectivity index (χ1v) is 9.13. The van der Waals surface area contributed by atoms with E-state index in [2.05, 4.69) is 25.6 Å². The number of fused-ring (bicyclic) bond motifs is 1. The van der Waals surface area contributed by atoms with Gasteiger partial charge in [0.2, 0.25) is 0 Å². The van der Waals surface area contributed by atoms with Gasteiger partial charge >= 0.3 is 6.18 Å². The molecule has 4 rings (SSSR count). The Kier molecular flexibility index (Phi) is 5.02. The summed E-state index contributed by atoms with van der Waals surface area (Å²) in [5.41, 5.74) is -0.659. The van der Waals surface area contributed by atoms with Crippen molar-refractivity contribution >= 4 is 17.4 Å². The predicted octanol–water partition coefficient (Wildman–Crippen LogP) is 3.33. The Morgan fingerprint density at radius 3 is 2.63 bits per heavy atom. The molecule has 0 fully saturated rings. The van der Waals surface area contributed by atoms with E-state index >= 15 is 0 Å². The fourth-order valence-electron chi connectivity index (χ4n) is 3.31. The largest absolute Gasteiger partial charge is 0.417 e. The van der Waals surface area contributed by atoms with Gasteiger partial charge in [0.1, 0.15) is 11.7 Å². The SMILES string of the molecule is CC1Cc2c(nnn2-c2ncc(F)cn2)C(C(=O)c2cccc(C(F)(F)F)c2Cl)N1. The number of alkyl halides is 3. The van der Waals surface area contributed by atoms with Crippen LogP contribution < -0.4 is 5.32 Å². The molecule has 3 heterocycles. The summed E-state index contributed by atoms with van der Waals surface area (Å²) in [6.07, 6.45) is -2.38. The number of Topliss-reactive ketones (excluding diaryl/α,β-unsaturated/α-hetero) is 1. The first kappa shape index (κ1) is 20.4. The maximum absolute atomic E-state index is 13.2. The zero-order valence-electron chi connectivity index (χ0n) is 15.3. The number of hydrogen-bond donors (Lipinski definition) is 1. The Morgan fingerprint density at radius 2 is 1.97 bits per heavy atom. The van der Waals surface area contributed by atoms with Crippen LogP contribution in [0.1, 0.15) is 40.3 Å². The van der Waals surface area contributed by atoms with Crippen molar-refractivity contribution in [2.75, 3.05) is 0 Å². The third-order valence-corrected chi connectivity index (χ3v) is 5.05. The average molecular weight is 441 g/mol. The van der Waals surface area contributed by atoms with Crippen molar-refractivity contribution in [2.45, 2.75) is 31.6 Å². The lowest BCUT2D eigenvalue weighted by Crippen LogP contribution is -2.42. The van der Waals surface area contributed by atoms with Gasteiger partial charge in [0.15, 0.2) is 11.6 Å². The molecule has 0 saturated heterocycles. The van der Waals surface area contributed by atoms with Crippen LogP contribution in [0.4, 0.5) is 17.6 Å². The molecule has 0 amide bonds. The molecule has 0 radical (unpaired) electrons. The van der Waals surface area contributed by atoms with Gasteiger partial charge in [-0.25, -0.2) is 14.4 Å². The molecule has 0 saturated carbocycles. The second kappa shape index (κ2) is 7.40. The number of hydrogen-bond acceptors (Lipinski definition) is 6. The van der Waals surface area contributed by atoms with Crippen LogP contribution in [0.2, 0.25) is 5.02 Å². The second-order valence-electron chi connectivity index (χ2n) is 6.77. The lowest BCUT2D eigenvalue weighted by molar-refractivity contribution is -0.137. The van der Waals surface area contributed by atoms with Crippen molar-refractivity contribution in [1.29, 1.82) is 0 Å². The van der Waals surface area contributed by atoms with Crippen LogP contribution in [-0.4, -0.2) is 36.8 Å². The van der Waals surface area contributed by atoms with Gasteiger partial charge in [-0.1, -0.05) is 22.9 Å². The maximum Gasteiger partial charge on any atom is 0.417 e. The summed E-state index contributed by atoms with van der Waals surface area (Å²) in [6.45, 7) is 1.79. The van der Waals surface area contributed by atoms with Gasteiger partial charge in [0.25, 0.3) is 5.95 Å². The number of ketones is 1. The summed E-state index contributed by atoms with van der Waals surface area (Å²) in [6, 6.07) is 1.85. The van der Waals surface area contributed by atoms with Crippen LogP contribution in [0.3, 0.4) is 0 Å². The van der Waals surface area contributed by atoms with E-state index in [0.29, 0.717) is 12.1 Å². The summed E-state index contributed by atoms with van der Waals surface area (Å²) in [4.78, 5) is 20.8. The first-order valence-electron chi connectivity index (χ1n) is 8.75. The minimum atomic E-state index is -4.70. The fourth-order valence-corrected chi connectivity index (χ4v) is 3.64. The lowest BCUT2D eigenvalue weighted by Gasteiger charge is -2.27. The summed E-state index contributed by atoms with van der Waals surface area (Å²) in [5.74, 6) is -1.25. The maximum atomic E-state index is 13.2. The summed E-state index contributed by atoms with van der Waals surface area (Å²) < 4.78 is 53.9. The molecule has 12 heteroatoms. The second-order valence-corrected chi connectivity index (χ2v) is 7.15. The zero-order valence-corrected chi connectivity index (χ0v) is 16.0. The zero-order chi connectivity index (χ0) is 21.6. The van der Waals surface area contributed by atoms with Crippen LogP contribution in [0.5, 0.6) is 0 Å². The average Bonchev–Trinajstić information content (AvgIpc) is 3.10. The minimum Gasteiger partial charge on any atom is -0.299 e. The van der Waals surface area contributed by atoms with Gasteiger partial charge < -0.3 is 0 Å². The number of nitrogens with one attached hydrogen (secondary N) is 1. The lowest BCUT2D eigenvalue weighted by atomic mass is 9.93. The smallest absolute Gasteiger partial charge is 0.299 e. The molecular formula is C18H13ClF4N6O. The molecule has 1 aliphatic heterocycles. The Hall–Kier alpha value is -2.92. The van der Waals surface area contributed by atoms with Crippen molar-refractivity contribution in [1.82, 2.24) is 30.3 Å². The summed E-state index contributed by atoms with van der Waals surface area (Å²) in [5, 5.41) is 10.3. The molecule has 1 N–H and O–H groups in total. The van der Waals surface area contributed by atoms with E-state index in [-0.39, 0.29) is 23.2 Å². The van der Waals surface area contributed by atoms with E-state index in [1.54, 1.807) is 6.92 Å². The Balaban J connectivity index is 1.76. The van der Waals surface area contributed by atoms with Gasteiger partial charge in [0.05, 0.1) is 28.7 Å². The van der Waals surface area contributed by atoms with Gasteiger partial charge in [-0.15, -0.1) is 5.10 Å². The molecule has 0 spiro atoms. The van der Waals surface area contributed by atoms with Crippen molar-refractivity contribution in [2.24, 2.45) is 0 Å². The number of nitrogens with zero attached hydrogens (tertiary/aromatic N) is 5. The highest BCUT2D eigenvalue weighted by molar-refractivity contribution is 6.35. The number of aromatic nitrogens is 5. The van der Waals surface area contributed by atoms with Gasteiger partial charge in [0, 0.05) is 18.0 Å². The van der Waals surface area contributed by atoms with Crippen LogP contribution in [0.15, 0.2) is 30.6 Å². The molecule has 156 valence electrons. The van der Waals surface area contributed by atoms with Crippen LogP contribution in [0, 0.1) is 5.82 Å². The predicted molar refractivity (Wildman–Crippen MR) is 96.7 cm³/mol. The van der Waals surface area contributed by atoms with Crippen molar-refractivity contribution in [3.8, 4) is 5.95 Å². The summed E-state index contributed by atoms with van der Waals surface area (Å²) in [7, 11) is 0. The van der Waals surface area contributed by atoms with Gasteiger partial charge in [-0.3, -0.25) is 10.1 Å². The van der Waals surface area contributed by atoms with Crippen LogP contribution in [-0.2, 0) is 12.6 Å². The highest BCUT2D eigenvalue weighted by Gasteiger charge is 2.39. The molecule has 30 heavy (non-hydrogen) atoms. The van der Waals surface area contributed by atoms with E-state index in [1.807, 2.05) is 0 Å². The van der Waals surface area contributed by atoms with E-state index in [9.17, 15) is 22.4 Å². The molecule has 2 aromatic heterocycles. The van der Waals surface area contributed by atoms with Crippen molar-refractivity contribution in [3.63, 3.8) is 0 Å². The number of carbonyl (C=O) groups is 1.